The Morgan fingerprint density at radius 1 is 0.878 bits per heavy atom. The van der Waals surface area contributed by atoms with Crippen molar-refractivity contribution < 1.29 is 4.74 Å². The second-order valence-electron chi connectivity index (χ2n) is 12.8. The van der Waals surface area contributed by atoms with Crippen molar-refractivity contribution in [2.45, 2.75) is 58.3 Å². The Hall–Kier alpha value is -4.19. The predicted octanol–water partition coefficient (Wildman–Crippen LogP) is 6.49. The maximum absolute atomic E-state index is 5.66. The van der Waals surface area contributed by atoms with Crippen molar-refractivity contribution in [2.75, 3.05) is 25.1 Å². The molecule has 5 aromatic rings. The summed E-state index contributed by atoms with van der Waals surface area (Å²) in [6.45, 7) is 14.2. The van der Waals surface area contributed by atoms with Gasteiger partial charge in [-0.1, -0.05) is 70.2 Å². The summed E-state index contributed by atoms with van der Waals surface area (Å²) in [5, 5.41) is 15.4. The van der Waals surface area contributed by atoms with Crippen LogP contribution in [-0.2, 0) is 10.8 Å². The second-order valence-corrected chi connectivity index (χ2v) is 12.8. The lowest BCUT2D eigenvalue weighted by molar-refractivity contribution is 0.400. The number of fused-ring (bicyclic) bond motifs is 1. The first-order valence-corrected chi connectivity index (χ1v) is 14.6. The summed E-state index contributed by atoms with van der Waals surface area (Å²) >= 11 is 0. The Kier molecular flexibility index (Phi) is 5.76. The molecule has 7 rings (SSSR count). The Balaban J connectivity index is 1.54. The molecule has 2 aliphatic heterocycles. The highest BCUT2D eigenvalue weighted by Crippen LogP contribution is 2.51. The third kappa shape index (κ3) is 3.95. The molecule has 0 N–H and O–H groups in total. The number of hydrogen-bond donors (Lipinski definition) is 0. The molecule has 3 aromatic carbocycles. The van der Waals surface area contributed by atoms with Crippen LogP contribution in [0.5, 0.6) is 5.75 Å². The van der Waals surface area contributed by atoms with E-state index in [-0.39, 0.29) is 10.8 Å². The molecule has 0 saturated heterocycles. The van der Waals surface area contributed by atoms with Crippen LogP contribution in [0.15, 0.2) is 60.7 Å². The summed E-state index contributed by atoms with van der Waals surface area (Å²) in [4.78, 5) is 2.63. The van der Waals surface area contributed by atoms with Crippen molar-refractivity contribution in [1.82, 2.24) is 19.8 Å². The van der Waals surface area contributed by atoms with Gasteiger partial charge < -0.3 is 9.64 Å². The Morgan fingerprint density at radius 3 is 2.34 bits per heavy atom. The number of nitrogens with zero attached hydrogens (tertiary/aromatic N) is 5. The van der Waals surface area contributed by atoms with E-state index < -0.39 is 0 Å². The molecule has 0 atom stereocenters. The summed E-state index contributed by atoms with van der Waals surface area (Å²) in [7, 11) is 1.68. The quantitative estimate of drug-likeness (QED) is 0.259. The van der Waals surface area contributed by atoms with Crippen LogP contribution in [-0.4, -0.2) is 40.0 Å². The highest BCUT2D eigenvalue weighted by atomic mass is 16.5. The molecule has 0 radical (unpaired) electrons. The molecule has 41 heavy (non-hydrogen) atoms. The first-order valence-electron chi connectivity index (χ1n) is 14.6. The van der Waals surface area contributed by atoms with Gasteiger partial charge in [-0.3, -0.25) is 0 Å². The van der Waals surface area contributed by atoms with Crippen molar-refractivity contribution in [3.05, 3.63) is 88.1 Å². The van der Waals surface area contributed by atoms with Gasteiger partial charge in [0.05, 0.1) is 12.7 Å². The average molecular weight is 544 g/mol. The fraction of sp³-hybridized carbons (Fsp3) is 0.343. The van der Waals surface area contributed by atoms with Crippen LogP contribution >= 0.6 is 0 Å². The molecular weight excluding hydrogens is 506 g/mol. The van der Waals surface area contributed by atoms with Crippen LogP contribution in [0.3, 0.4) is 0 Å². The molecule has 2 aromatic heterocycles. The summed E-state index contributed by atoms with van der Waals surface area (Å²) < 4.78 is 7.54. The van der Waals surface area contributed by atoms with Crippen LogP contribution in [0, 0.1) is 6.92 Å². The summed E-state index contributed by atoms with van der Waals surface area (Å²) in [6, 6.07) is 20.7. The van der Waals surface area contributed by atoms with E-state index in [1.54, 1.807) is 7.11 Å². The lowest BCUT2D eigenvalue weighted by Gasteiger charge is -2.49. The largest absolute Gasteiger partial charge is 0.496 e. The molecule has 0 spiro atoms. The number of anilines is 1. The van der Waals surface area contributed by atoms with Crippen LogP contribution in [0.1, 0.15) is 62.8 Å². The molecule has 6 heteroatoms. The van der Waals surface area contributed by atoms with Crippen LogP contribution in [0.25, 0.3) is 34.4 Å². The van der Waals surface area contributed by atoms with Crippen LogP contribution < -0.4 is 14.9 Å². The van der Waals surface area contributed by atoms with E-state index in [0.29, 0.717) is 5.82 Å². The lowest BCUT2D eigenvalue weighted by Crippen LogP contribution is -2.45. The fourth-order valence-electron chi connectivity index (χ4n) is 6.93. The number of methoxy groups -OCH3 is 1. The summed E-state index contributed by atoms with van der Waals surface area (Å²) in [5.41, 5.74) is 10.8. The van der Waals surface area contributed by atoms with Crippen molar-refractivity contribution in [3.8, 4) is 28.4 Å². The van der Waals surface area contributed by atoms with E-state index in [1.165, 1.54) is 27.9 Å². The van der Waals surface area contributed by atoms with Gasteiger partial charge in [0, 0.05) is 29.6 Å². The van der Waals surface area contributed by atoms with Gasteiger partial charge in [-0.15, -0.1) is 10.2 Å². The lowest BCUT2D eigenvalue weighted by atomic mass is 9.67. The third-order valence-electron chi connectivity index (χ3n) is 9.37. The number of rotatable bonds is 4. The zero-order chi connectivity index (χ0) is 28.5. The molecule has 4 heterocycles. The van der Waals surface area contributed by atoms with Crippen molar-refractivity contribution in [3.63, 3.8) is 0 Å². The minimum Gasteiger partial charge on any atom is -0.496 e. The normalized spacial score (nSPS) is 17.6. The van der Waals surface area contributed by atoms with Gasteiger partial charge in [-0.2, -0.15) is 9.61 Å². The van der Waals surface area contributed by atoms with E-state index in [2.05, 4.69) is 81.0 Å². The zero-order valence-electron chi connectivity index (χ0n) is 24.8. The number of aromatic nitrogens is 4. The number of hydrogen-bond acceptors (Lipinski definition) is 5. The van der Waals surface area contributed by atoms with Gasteiger partial charge in [-0.25, -0.2) is 0 Å². The Morgan fingerprint density at radius 2 is 1.59 bits per heavy atom. The first kappa shape index (κ1) is 25.8. The summed E-state index contributed by atoms with van der Waals surface area (Å²) in [6.07, 6.45) is 4.62. The zero-order valence-corrected chi connectivity index (χ0v) is 24.8. The molecule has 0 aliphatic carbocycles. The van der Waals surface area contributed by atoms with Gasteiger partial charge in [0.2, 0.25) is 0 Å². The van der Waals surface area contributed by atoms with E-state index >= 15 is 0 Å². The van der Waals surface area contributed by atoms with Crippen LogP contribution in [0.4, 0.5) is 5.69 Å². The minimum atomic E-state index is 0.107. The predicted molar refractivity (Wildman–Crippen MR) is 166 cm³/mol. The Labute approximate surface area is 241 Å². The van der Waals surface area contributed by atoms with Crippen molar-refractivity contribution in [2.24, 2.45) is 0 Å². The van der Waals surface area contributed by atoms with Gasteiger partial charge in [0.15, 0.2) is 11.5 Å². The standard InChI is InChI=1S/C35H37N5O/c1-22-24(21-27-31-29(22)35(4,5)17-19-39(31)18-16-34(27,2)3)20-26-30(23-12-8-7-9-13-23)38-40-32(36-37-33(26)40)25-14-10-11-15-28(25)41-6/h7-15,20-21H,16-19H2,1-6H3/b26-20-. The van der Waals surface area contributed by atoms with E-state index in [0.717, 1.165) is 59.4 Å². The number of benzene rings is 3. The highest BCUT2D eigenvalue weighted by Gasteiger charge is 2.41. The maximum atomic E-state index is 5.66. The topological polar surface area (TPSA) is 55.6 Å². The smallest absolute Gasteiger partial charge is 0.189 e. The second kappa shape index (κ2) is 9.16. The van der Waals surface area contributed by atoms with Gasteiger partial charge in [0.25, 0.3) is 0 Å². The van der Waals surface area contributed by atoms with Gasteiger partial charge in [0.1, 0.15) is 11.4 Å². The molecule has 0 saturated carbocycles. The molecule has 208 valence electrons. The van der Waals surface area contributed by atoms with Crippen LogP contribution in [0.2, 0.25) is 0 Å². The number of para-hydroxylation sites is 1. The van der Waals surface area contributed by atoms with E-state index in [9.17, 15) is 0 Å². The molecule has 0 bridgehead atoms. The SMILES string of the molecule is COc1ccccc1-c1nnc2/c(=C\c3cc4c5c(c3C)C(C)(C)CCN5CCC4(C)C)c(-c3ccccc3)nn12. The van der Waals surface area contributed by atoms with Crippen molar-refractivity contribution in [1.29, 1.82) is 0 Å². The van der Waals surface area contributed by atoms with E-state index in [1.807, 2.05) is 34.8 Å². The molecule has 0 unspecified atom stereocenters. The molecule has 6 nitrogen and oxygen atoms in total. The minimum absolute atomic E-state index is 0.107. The Bertz CT molecular complexity index is 1850. The van der Waals surface area contributed by atoms with Crippen molar-refractivity contribution >= 4 is 17.4 Å². The maximum Gasteiger partial charge on any atom is 0.189 e. The first-order chi connectivity index (χ1) is 19.7. The fourth-order valence-corrected chi connectivity index (χ4v) is 6.93. The molecule has 2 aliphatic rings. The van der Waals surface area contributed by atoms with E-state index in [4.69, 9.17) is 14.9 Å². The monoisotopic (exact) mass is 543 g/mol. The third-order valence-corrected chi connectivity index (χ3v) is 9.37. The molecular formula is C35H37N5O. The molecule has 0 amide bonds. The summed E-state index contributed by atoms with van der Waals surface area (Å²) in [5.74, 6) is 1.42. The number of ether oxygens (including phenoxy) is 1. The highest BCUT2D eigenvalue weighted by molar-refractivity contribution is 5.78. The van der Waals surface area contributed by atoms with Gasteiger partial charge >= 0.3 is 0 Å². The average Bonchev–Trinajstić information content (AvgIpc) is 3.53. The molecule has 0 fully saturated rings. The van der Waals surface area contributed by atoms with Gasteiger partial charge in [-0.05, 0) is 77.1 Å².